The molecule has 3 aromatic rings. The van der Waals surface area contributed by atoms with Crippen LogP contribution in [0.2, 0.25) is 5.02 Å². The van der Waals surface area contributed by atoms with Crippen molar-refractivity contribution in [3.05, 3.63) is 40.5 Å². The van der Waals surface area contributed by atoms with Crippen LogP contribution in [0.4, 0.5) is 10.3 Å². The van der Waals surface area contributed by atoms with Crippen molar-refractivity contribution >= 4 is 39.1 Å². The van der Waals surface area contributed by atoms with Crippen LogP contribution in [0.5, 0.6) is 11.6 Å². The lowest BCUT2D eigenvalue weighted by molar-refractivity contribution is 0.464. The van der Waals surface area contributed by atoms with Gasteiger partial charge in [-0.3, -0.25) is 5.43 Å². The number of benzene rings is 1. The minimum absolute atomic E-state index is 0.0324. The lowest BCUT2D eigenvalue weighted by Gasteiger charge is -2.08. The van der Waals surface area contributed by atoms with E-state index in [9.17, 15) is 4.39 Å². The third-order valence-corrected chi connectivity index (χ3v) is 3.64. The topological polar surface area (TPSA) is 73.1 Å². The van der Waals surface area contributed by atoms with E-state index in [0.717, 1.165) is 10.2 Å². The van der Waals surface area contributed by atoms with Gasteiger partial charge in [0, 0.05) is 6.07 Å². The van der Waals surface area contributed by atoms with Gasteiger partial charge in [-0.05, 0) is 23.6 Å². The highest BCUT2D eigenvalue weighted by atomic mass is 35.5. The van der Waals surface area contributed by atoms with Gasteiger partial charge in [0.15, 0.2) is 0 Å². The molecular weight excluding hydrogens is 303 g/mol. The monoisotopic (exact) mass is 310 g/mol. The fourth-order valence-corrected chi connectivity index (χ4v) is 2.49. The SMILES string of the molecule is NNc1nc(Oc2ccc(Cl)c(F)c2)c2ccsc2n1. The number of hydrazine groups is 1. The summed E-state index contributed by atoms with van der Waals surface area (Å²) in [5, 5.41) is 2.61. The molecule has 0 aliphatic heterocycles. The third-order valence-electron chi connectivity index (χ3n) is 2.52. The summed E-state index contributed by atoms with van der Waals surface area (Å²) in [4.78, 5) is 9.02. The Balaban J connectivity index is 2.04. The molecule has 20 heavy (non-hydrogen) atoms. The van der Waals surface area contributed by atoms with Crippen LogP contribution in [-0.2, 0) is 0 Å². The minimum atomic E-state index is -0.558. The van der Waals surface area contributed by atoms with Gasteiger partial charge in [0.2, 0.25) is 11.8 Å². The number of hydrogen-bond donors (Lipinski definition) is 2. The highest BCUT2D eigenvalue weighted by Crippen LogP contribution is 2.32. The van der Waals surface area contributed by atoms with Gasteiger partial charge < -0.3 is 4.74 Å². The van der Waals surface area contributed by atoms with E-state index in [2.05, 4.69) is 15.4 Å². The lowest BCUT2D eigenvalue weighted by atomic mass is 10.3. The standard InChI is InChI=1S/C12H8ClFN4OS/c13-8-2-1-6(5-9(8)14)19-10-7-3-4-20-11(7)17-12(16-10)18-15/h1-5H,15H2,(H,16,17,18). The van der Waals surface area contributed by atoms with Crippen molar-refractivity contribution in [3.8, 4) is 11.6 Å². The van der Waals surface area contributed by atoms with Gasteiger partial charge in [-0.2, -0.15) is 4.98 Å². The predicted octanol–water partition coefficient (Wildman–Crippen LogP) is 3.56. The Morgan fingerprint density at radius 2 is 2.15 bits per heavy atom. The van der Waals surface area contributed by atoms with Crippen LogP contribution in [0, 0.1) is 5.82 Å². The molecule has 0 aliphatic carbocycles. The number of nitrogens with zero attached hydrogens (tertiary/aromatic N) is 2. The first-order valence-corrected chi connectivity index (χ1v) is 6.78. The van der Waals surface area contributed by atoms with E-state index in [0.29, 0.717) is 11.6 Å². The molecular formula is C12H8ClFN4OS. The number of nitrogens with two attached hydrogens (primary N) is 1. The molecule has 0 unspecified atom stereocenters. The van der Waals surface area contributed by atoms with E-state index >= 15 is 0 Å². The number of nitrogen functional groups attached to an aromatic ring is 1. The maximum atomic E-state index is 13.4. The average molecular weight is 311 g/mol. The highest BCUT2D eigenvalue weighted by molar-refractivity contribution is 7.16. The zero-order valence-corrected chi connectivity index (χ0v) is 11.5. The highest BCUT2D eigenvalue weighted by Gasteiger charge is 2.11. The van der Waals surface area contributed by atoms with Crippen molar-refractivity contribution in [3.63, 3.8) is 0 Å². The van der Waals surface area contributed by atoms with Crippen molar-refractivity contribution in [2.45, 2.75) is 0 Å². The van der Waals surface area contributed by atoms with E-state index in [4.69, 9.17) is 22.2 Å². The van der Waals surface area contributed by atoms with Crippen LogP contribution in [0.25, 0.3) is 10.2 Å². The van der Waals surface area contributed by atoms with Gasteiger partial charge in [-0.1, -0.05) is 11.6 Å². The molecule has 0 fully saturated rings. The smallest absolute Gasteiger partial charge is 0.241 e. The molecule has 1 aromatic carbocycles. The molecule has 5 nitrogen and oxygen atoms in total. The Labute approximate surface area is 122 Å². The first-order chi connectivity index (χ1) is 9.67. The molecule has 3 rings (SSSR count). The zero-order chi connectivity index (χ0) is 14.1. The van der Waals surface area contributed by atoms with Gasteiger partial charge in [0.1, 0.15) is 16.4 Å². The molecule has 0 bridgehead atoms. The largest absolute Gasteiger partial charge is 0.438 e. The fourth-order valence-electron chi connectivity index (χ4n) is 1.62. The number of anilines is 1. The Hall–Kier alpha value is -1.96. The summed E-state index contributed by atoms with van der Waals surface area (Å²) in [5.74, 6) is 5.57. The lowest BCUT2D eigenvalue weighted by Crippen LogP contribution is -2.10. The molecule has 8 heteroatoms. The Bertz CT molecular complexity index is 779. The van der Waals surface area contributed by atoms with Crippen LogP contribution >= 0.6 is 22.9 Å². The molecule has 102 valence electrons. The molecule has 0 radical (unpaired) electrons. The maximum absolute atomic E-state index is 13.4. The van der Waals surface area contributed by atoms with Crippen molar-refractivity contribution in [1.29, 1.82) is 0 Å². The second-order valence-corrected chi connectivity index (χ2v) is 5.12. The van der Waals surface area contributed by atoms with E-state index < -0.39 is 5.82 Å². The van der Waals surface area contributed by atoms with Crippen LogP contribution < -0.4 is 16.0 Å². The summed E-state index contributed by atoms with van der Waals surface area (Å²) in [6.45, 7) is 0. The first-order valence-electron chi connectivity index (χ1n) is 5.52. The summed E-state index contributed by atoms with van der Waals surface area (Å²) < 4.78 is 19.0. The van der Waals surface area contributed by atoms with Gasteiger partial charge in [0.25, 0.3) is 0 Å². The van der Waals surface area contributed by atoms with Gasteiger partial charge in [0.05, 0.1) is 10.4 Å². The van der Waals surface area contributed by atoms with E-state index in [1.165, 1.54) is 23.5 Å². The molecule has 0 aliphatic rings. The number of thiophene rings is 1. The number of halogens is 2. The van der Waals surface area contributed by atoms with Crippen molar-refractivity contribution in [2.75, 3.05) is 5.43 Å². The number of ether oxygens (including phenoxy) is 1. The number of rotatable bonds is 3. The summed E-state index contributed by atoms with van der Waals surface area (Å²) in [6, 6.07) is 5.99. The summed E-state index contributed by atoms with van der Waals surface area (Å²) in [5.41, 5.74) is 2.36. The number of hydrogen-bond acceptors (Lipinski definition) is 6. The molecule has 2 heterocycles. The maximum Gasteiger partial charge on any atom is 0.241 e. The van der Waals surface area contributed by atoms with E-state index in [1.807, 2.05) is 11.4 Å². The predicted molar refractivity (Wildman–Crippen MR) is 76.7 cm³/mol. The number of nitrogens with one attached hydrogen (secondary N) is 1. The summed E-state index contributed by atoms with van der Waals surface area (Å²) in [7, 11) is 0. The van der Waals surface area contributed by atoms with Crippen LogP contribution in [-0.4, -0.2) is 9.97 Å². The molecule has 0 atom stereocenters. The molecule has 0 spiro atoms. The summed E-state index contributed by atoms with van der Waals surface area (Å²) in [6.07, 6.45) is 0. The zero-order valence-electron chi connectivity index (χ0n) is 9.93. The summed E-state index contributed by atoms with van der Waals surface area (Å²) >= 11 is 7.05. The molecule has 2 aromatic heterocycles. The van der Waals surface area contributed by atoms with Crippen molar-refractivity contribution in [1.82, 2.24) is 9.97 Å². The average Bonchev–Trinajstić information content (AvgIpc) is 2.91. The fraction of sp³-hybridized carbons (Fsp3) is 0. The van der Waals surface area contributed by atoms with E-state index in [1.54, 1.807) is 6.07 Å². The van der Waals surface area contributed by atoms with Crippen LogP contribution in [0.3, 0.4) is 0 Å². The van der Waals surface area contributed by atoms with Crippen LogP contribution in [0.15, 0.2) is 29.6 Å². The van der Waals surface area contributed by atoms with Crippen LogP contribution in [0.1, 0.15) is 0 Å². The molecule has 3 N–H and O–H groups in total. The van der Waals surface area contributed by atoms with Crippen molar-refractivity contribution in [2.24, 2.45) is 5.84 Å². The third kappa shape index (κ3) is 2.38. The second-order valence-electron chi connectivity index (χ2n) is 3.81. The molecule has 0 saturated carbocycles. The Morgan fingerprint density at radius 3 is 2.90 bits per heavy atom. The first kappa shape index (κ1) is 13.0. The molecule has 0 amide bonds. The Morgan fingerprint density at radius 1 is 1.30 bits per heavy atom. The van der Waals surface area contributed by atoms with Gasteiger partial charge >= 0.3 is 0 Å². The Kier molecular flexibility index (Phi) is 3.39. The van der Waals surface area contributed by atoms with Gasteiger partial charge in [-0.15, -0.1) is 11.3 Å². The second kappa shape index (κ2) is 5.20. The minimum Gasteiger partial charge on any atom is -0.438 e. The normalized spacial score (nSPS) is 10.8. The van der Waals surface area contributed by atoms with Crippen molar-refractivity contribution < 1.29 is 9.13 Å². The van der Waals surface area contributed by atoms with E-state index in [-0.39, 0.29) is 11.0 Å². The number of aromatic nitrogens is 2. The van der Waals surface area contributed by atoms with Gasteiger partial charge in [-0.25, -0.2) is 15.2 Å². The number of fused-ring (bicyclic) bond motifs is 1. The quantitative estimate of drug-likeness (QED) is 0.571. The molecule has 0 saturated heterocycles.